The third-order valence-corrected chi connectivity index (χ3v) is 5.93. The van der Waals surface area contributed by atoms with Gasteiger partial charge < -0.3 is 15.2 Å². The molecule has 1 heterocycles. The highest BCUT2D eigenvalue weighted by Gasteiger charge is 2.15. The van der Waals surface area contributed by atoms with Crippen molar-refractivity contribution in [1.29, 1.82) is 0 Å². The smallest absolute Gasteiger partial charge is 0.0698 e. The number of hydrogen-bond acceptors (Lipinski definition) is 2. The zero-order chi connectivity index (χ0) is 22.0. The second kappa shape index (κ2) is 8.21. The number of para-hydroxylation sites is 4. The van der Waals surface area contributed by atoms with Gasteiger partial charge in [-0.3, -0.25) is 0 Å². The highest BCUT2D eigenvalue weighted by molar-refractivity contribution is 6.09. The summed E-state index contributed by atoms with van der Waals surface area (Å²) in [7, 11) is 0. The quantitative estimate of drug-likeness (QED) is 0.291. The van der Waals surface area contributed by atoms with Crippen molar-refractivity contribution in [3.05, 3.63) is 127 Å². The fourth-order valence-electron chi connectivity index (χ4n) is 4.46. The van der Waals surface area contributed by atoms with Crippen LogP contribution in [0.4, 0.5) is 22.7 Å². The molecule has 33 heavy (non-hydrogen) atoms. The summed E-state index contributed by atoms with van der Waals surface area (Å²) in [4.78, 5) is 0. The number of nitrogens with one attached hydrogen (secondary N) is 2. The number of aromatic nitrogens is 1. The van der Waals surface area contributed by atoms with Gasteiger partial charge in [0, 0.05) is 27.8 Å². The minimum Gasteiger partial charge on any atom is -0.355 e. The van der Waals surface area contributed by atoms with Gasteiger partial charge in [-0.1, -0.05) is 72.8 Å². The molecule has 6 aromatic rings. The third-order valence-electron chi connectivity index (χ3n) is 5.93. The Morgan fingerprint density at radius 2 is 0.939 bits per heavy atom. The normalized spacial score (nSPS) is 11.0. The zero-order valence-electron chi connectivity index (χ0n) is 18.1. The van der Waals surface area contributed by atoms with Gasteiger partial charge >= 0.3 is 0 Å². The molecule has 0 aliphatic heterocycles. The lowest BCUT2D eigenvalue weighted by Crippen LogP contribution is -2.02. The van der Waals surface area contributed by atoms with Gasteiger partial charge in [-0.25, -0.2) is 0 Å². The Bertz CT molecular complexity index is 1500. The fraction of sp³-hybridized carbons (Fsp3) is 0. The van der Waals surface area contributed by atoms with Crippen molar-refractivity contribution in [3.8, 4) is 5.69 Å². The van der Waals surface area contributed by atoms with Crippen LogP contribution in [0.5, 0.6) is 0 Å². The molecule has 3 nitrogen and oxygen atoms in total. The van der Waals surface area contributed by atoms with E-state index in [0.29, 0.717) is 0 Å². The molecule has 0 atom stereocenters. The van der Waals surface area contributed by atoms with Crippen LogP contribution in [-0.2, 0) is 0 Å². The van der Waals surface area contributed by atoms with E-state index in [0.717, 1.165) is 28.4 Å². The maximum atomic E-state index is 3.66. The van der Waals surface area contributed by atoms with Gasteiger partial charge in [-0.15, -0.1) is 0 Å². The molecular formula is C30H23N3. The Hall–Kier alpha value is -4.50. The first kappa shape index (κ1) is 19.2. The van der Waals surface area contributed by atoms with Crippen LogP contribution >= 0.6 is 0 Å². The van der Waals surface area contributed by atoms with E-state index in [1.165, 1.54) is 21.8 Å². The van der Waals surface area contributed by atoms with E-state index >= 15 is 0 Å². The Balaban J connectivity index is 1.55. The molecule has 6 rings (SSSR count). The van der Waals surface area contributed by atoms with E-state index in [-0.39, 0.29) is 0 Å². The predicted octanol–water partition coefficient (Wildman–Crippen LogP) is 8.27. The first-order valence-electron chi connectivity index (χ1n) is 11.1. The van der Waals surface area contributed by atoms with Crippen LogP contribution in [0.2, 0.25) is 0 Å². The maximum Gasteiger partial charge on any atom is 0.0698 e. The van der Waals surface area contributed by atoms with Crippen molar-refractivity contribution in [2.45, 2.75) is 0 Å². The molecule has 3 heteroatoms. The molecule has 0 amide bonds. The highest BCUT2D eigenvalue weighted by Crippen LogP contribution is 2.36. The molecule has 0 radical (unpaired) electrons. The minimum absolute atomic E-state index is 1.03. The lowest BCUT2D eigenvalue weighted by Gasteiger charge is -2.17. The van der Waals surface area contributed by atoms with Crippen molar-refractivity contribution in [2.75, 3.05) is 10.6 Å². The number of benzene rings is 5. The molecule has 1 aromatic heterocycles. The van der Waals surface area contributed by atoms with Gasteiger partial charge in [-0.2, -0.15) is 0 Å². The summed E-state index contributed by atoms with van der Waals surface area (Å²) in [6, 6.07) is 44.3. The van der Waals surface area contributed by atoms with Gasteiger partial charge in [0.25, 0.3) is 0 Å². The molecule has 158 valence electrons. The van der Waals surface area contributed by atoms with Crippen LogP contribution in [0.1, 0.15) is 0 Å². The number of fused-ring (bicyclic) bond motifs is 3. The average molecular weight is 426 g/mol. The molecule has 0 fully saturated rings. The van der Waals surface area contributed by atoms with E-state index in [1.807, 2.05) is 24.3 Å². The second-order valence-electron chi connectivity index (χ2n) is 8.08. The monoisotopic (exact) mass is 425 g/mol. The average Bonchev–Trinajstić information content (AvgIpc) is 3.20. The van der Waals surface area contributed by atoms with Crippen molar-refractivity contribution in [3.63, 3.8) is 0 Å². The summed E-state index contributed by atoms with van der Waals surface area (Å²) >= 11 is 0. The number of rotatable bonds is 5. The molecule has 0 spiro atoms. The standard InChI is InChI=1S/C30H23N3/c1-3-11-22(12-4-1)31-24-19-20-30(27(21-24)32-23-13-5-2-6-14-23)33-28-17-9-7-15-25(28)26-16-8-10-18-29(26)33/h1-21,31-32H. The summed E-state index contributed by atoms with van der Waals surface area (Å²) in [5.74, 6) is 0. The van der Waals surface area contributed by atoms with Crippen LogP contribution < -0.4 is 10.6 Å². The summed E-state index contributed by atoms with van der Waals surface area (Å²) < 4.78 is 2.35. The van der Waals surface area contributed by atoms with Crippen LogP contribution in [0.15, 0.2) is 127 Å². The van der Waals surface area contributed by atoms with Crippen molar-refractivity contribution in [1.82, 2.24) is 4.57 Å². The predicted molar refractivity (Wildman–Crippen MR) is 140 cm³/mol. The highest BCUT2D eigenvalue weighted by atomic mass is 15.0. The SMILES string of the molecule is c1ccc(Nc2ccc(-n3c4ccccc4c4ccccc43)c(Nc3ccccc3)c2)cc1. The number of nitrogens with zero attached hydrogens (tertiary/aromatic N) is 1. The first-order chi connectivity index (χ1) is 16.4. The summed E-state index contributed by atoms with van der Waals surface area (Å²) in [6.45, 7) is 0. The topological polar surface area (TPSA) is 29.0 Å². The van der Waals surface area contributed by atoms with Crippen LogP contribution in [0.25, 0.3) is 27.5 Å². The number of hydrogen-bond donors (Lipinski definition) is 2. The van der Waals surface area contributed by atoms with Crippen molar-refractivity contribution >= 4 is 44.6 Å². The molecular weight excluding hydrogens is 402 g/mol. The van der Waals surface area contributed by atoms with Gasteiger partial charge in [0.1, 0.15) is 0 Å². The lowest BCUT2D eigenvalue weighted by molar-refractivity contribution is 1.18. The molecule has 0 saturated carbocycles. The van der Waals surface area contributed by atoms with Crippen molar-refractivity contribution in [2.24, 2.45) is 0 Å². The van der Waals surface area contributed by atoms with E-state index in [2.05, 4.69) is 118 Å². The van der Waals surface area contributed by atoms with E-state index in [9.17, 15) is 0 Å². The van der Waals surface area contributed by atoms with Gasteiger partial charge in [-0.05, 0) is 54.6 Å². The van der Waals surface area contributed by atoms with Gasteiger partial charge in [0.15, 0.2) is 0 Å². The third kappa shape index (κ3) is 3.60. The minimum atomic E-state index is 1.03. The zero-order valence-corrected chi connectivity index (χ0v) is 18.1. The van der Waals surface area contributed by atoms with Crippen LogP contribution in [-0.4, -0.2) is 4.57 Å². The largest absolute Gasteiger partial charge is 0.355 e. The second-order valence-corrected chi connectivity index (χ2v) is 8.08. The van der Waals surface area contributed by atoms with Crippen LogP contribution in [0, 0.1) is 0 Å². The van der Waals surface area contributed by atoms with Gasteiger partial charge in [0.05, 0.1) is 22.4 Å². The Labute approximate surface area is 192 Å². The van der Waals surface area contributed by atoms with Gasteiger partial charge in [0.2, 0.25) is 0 Å². The molecule has 0 bridgehead atoms. The Morgan fingerprint density at radius 3 is 1.55 bits per heavy atom. The lowest BCUT2D eigenvalue weighted by atomic mass is 10.2. The molecule has 0 unspecified atom stereocenters. The van der Waals surface area contributed by atoms with E-state index in [1.54, 1.807) is 0 Å². The Morgan fingerprint density at radius 1 is 0.424 bits per heavy atom. The van der Waals surface area contributed by atoms with E-state index < -0.39 is 0 Å². The number of anilines is 4. The molecule has 5 aromatic carbocycles. The molecule has 0 aliphatic rings. The summed E-state index contributed by atoms with van der Waals surface area (Å²) in [5, 5.41) is 9.69. The summed E-state index contributed by atoms with van der Waals surface area (Å²) in [5.41, 5.74) is 7.67. The molecule has 2 N–H and O–H groups in total. The maximum absolute atomic E-state index is 3.66. The fourth-order valence-corrected chi connectivity index (χ4v) is 4.46. The Kier molecular flexibility index (Phi) is 4.78. The molecule has 0 aliphatic carbocycles. The van der Waals surface area contributed by atoms with E-state index in [4.69, 9.17) is 0 Å². The van der Waals surface area contributed by atoms with Crippen LogP contribution in [0.3, 0.4) is 0 Å². The first-order valence-corrected chi connectivity index (χ1v) is 11.1. The summed E-state index contributed by atoms with van der Waals surface area (Å²) in [6.07, 6.45) is 0. The van der Waals surface area contributed by atoms with Crippen molar-refractivity contribution < 1.29 is 0 Å². The molecule has 0 saturated heterocycles.